The van der Waals surface area contributed by atoms with Crippen LogP contribution < -0.4 is 10.6 Å². The Kier molecular flexibility index (Phi) is 6.58. The molecule has 3 rings (SSSR count). The number of nitrogens with one attached hydrogen (secondary N) is 2. The summed E-state index contributed by atoms with van der Waals surface area (Å²) in [4.78, 5) is 30.3. The van der Waals surface area contributed by atoms with Gasteiger partial charge in [-0.3, -0.25) is 10.1 Å². The van der Waals surface area contributed by atoms with E-state index in [1.54, 1.807) is 29.5 Å². The first-order valence-corrected chi connectivity index (χ1v) is 9.93. The molecule has 7 nitrogen and oxygen atoms in total. The molecule has 1 aliphatic heterocycles. The molecule has 3 amide bonds. The molecule has 2 atom stereocenters. The van der Waals surface area contributed by atoms with E-state index in [2.05, 4.69) is 15.6 Å². The number of amides is 3. The average Bonchev–Trinajstić information content (AvgIpc) is 3.28. The highest BCUT2D eigenvalue weighted by Gasteiger charge is 2.30. The molecule has 0 saturated carbocycles. The van der Waals surface area contributed by atoms with E-state index in [0.717, 1.165) is 12.8 Å². The fourth-order valence-electron chi connectivity index (χ4n) is 2.96. The van der Waals surface area contributed by atoms with Gasteiger partial charge in [-0.05, 0) is 37.5 Å². The van der Waals surface area contributed by atoms with Crippen LogP contribution in [0, 0.1) is 5.82 Å². The molecular formula is C19H23FN4O3S. The first kappa shape index (κ1) is 20.2. The Balaban J connectivity index is 1.46. The third-order valence-electron chi connectivity index (χ3n) is 4.40. The number of thiazole rings is 1. The summed E-state index contributed by atoms with van der Waals surface area (Å²) < 4.78 is 18.8. The van der Waals surface area contributed by atoms with Crippen molar-refractivity contribution < 1.29 is 18.7 Å². The smallest absolute Gasteiger partial charge is 0.321 e. The molecule has 28 heavy (non-hydrogen) atoms. The predicted molar refractivity (Wildman–Crippen MR) is 104 cm³/mol. The van der Waals surface area contributed by atoms with Gasteiger partial charge >= 0.3 is 6.03 Å². The lowest BCUT2D eigenvalue weighted by molar-refractivity contribution is -0.141. The number of hydrogen-bond donors (Lipinski definition) is 2. The number of aromatic nitrogens is 1. The molecular weight excluding hydrogens is 383 g/mol. The number of anilines is 1. The van der Waals surface area contributed by atoms with Crippen molar-refractivity contribution in [1.82, 2.24) is 15.2 Å². The predicted octanol–water partition coefficient (Wildman–Crippen LogP) is 3.13. The topological polar surface area (TPSA) is 83.6 Å². The molecule has 1 aliphatic rings. The Morgan fingerprint density at radius 3 is 2.93 bits per heavy atom. The van der Waals surface area contributed by atoms with E-state index in [1.165, 1.54) is 23.5 Å². The van der Waals surface area contributed by atoms with Crippen molar-refractivity contribution in [1.29, 1.82) is 0 Å². The van der Waals surface area contributed by atoms with E-state index in [1.807, 2.05) is 6.92 Å². The van der Waals surface area contributed by atoms with Gasteiger partial charge < -0.3 is 15.0 Å². The molecule has 1 fully saturated rings. The molecule has 150 valence electrons. The van der Waals surface area contributed by atoms with Crippen LogP contribution in [0.15, 0.2) is 29.6 Å². The Hall–Kier alpha value is -2.52. The van der Waals surface area contributed by atoms with Crippen LogP contribution in [-0.2, 0) is 22.6 Å². The summed E-state index contributed by atoms with van der Waals surface area (Å²) in [7, 11) is 1.72. The maximum Gasteiger partial charge on any atom is 0.321 e. The Morgan fingerprint density at radius 2 is 2.21 bits per heavy atom. The van der Waals surface area contributed by atoms with Gasteiger partial charge in [-0.15, -0.1) is 11.3 Å². The summed E-state index contributed by atoms with van der Waals surface area (Å²) in [5, 5.41) is 7.52. The van der Waals surface area contributed by atoms with Gasteiger partial charge in [0.1, 0.15) is 11.9 Å². The summed E-state index contributed by atoms with van der Waals surface area (Å²) in [5.74, 6) is -0.403. The van der Waals surface area contributed by atoms with Gasteiger partial charge in [0.15, 0.2) is 5.13 Å². The van der Waals surface area contributed by atoms with Crippen molar-refractivity contribution in [3.8, 4) is 0 Å². The van der Waals surface area contributed by atoms with E-state index < -0.39 is 6.03 Å². The van der Waals surface area contributed by atoms with Gasteiger partial charge in [0.25, 0.3) is 5.91 Å². The molecule has 2 unspecified atom stereocenters. The van der Waals surface area contributed by atoms with Crippen molar-refractivity contribution in [2.45, 2.75) is 45.1 Å². The Bertz CT molecular complexity index is 844. The van der Waals surface area contributed by atoms with Crippen LogP contribution >= 0.6 is 11.3 Å². The lowest BCUT2D eigenvalue weighted by atomic mass is 10.2. The van der Waals surface area contributed by atoms with Gasteiger partial charge in [-0.1, -0.05) is 12.1 Å². The van der Waals surface area contributed by atoms with Gasteiger partial charge in [-0.2, -0.15) is 0 Å². The van der Waals surface area contributed by atoms with Crippen LogP contribution in [0.2, 0.25) is 0 Å². The average molecular weight is 406 g/mol. The molecule has 0 radical (unpaired) electrons. The minimum atomic E-state index is -0.428. The fraction of sp³-hybridized carbons (Fsp3) is 0.421. The summed E-state index contributed by atoms with van der Waals surface area (Å²) in [6.45, 7) is 2.51. The van der Waals surface area contributed by atoms with Gasteiger partial charge in [-0.25, -0.2) is 14.2 Å². The second-order valence-corrected chi connectivity index (χ2v) is 7.65. The zero-order chi connectivity index (χ0) is 20.1. The number of carbonyl (C=O) groups is 2. The highest BCUT2D eigenvalue weighted by molar-refractivity contribution is 7.13. The number of ether oxygens (including phenoxy) is 1. The molecule has 0 aliphatic carbocycles. The first-order valence-electron chi connectivity index (χ1n) is 9.05. The maximum absolute atomic E-state index is 13.1. The number of urea groups is 1. The molecule has 2 heterocycles. The van der Waals surface area contributed by atoms with Crippen LogP contribution in [0.1, 0.15) is 31.0 Å². The summed E-state index contributed by atoms with van der Waals surface area (Å²) >= 11 is 1.28. The van der Waals surface area contributed by atoms with Crippen LogP contribution in [0.3, 0.4) is 0 Å². The standard InChI is InChI=1S/C19H23FN4O3S/c1-12-6-7-16(27-12)17(25)24(2)10-15-11-28-19(22-15)23-18(26)21-9-13-4-3-5-14(20)8-13/h3-5,8,11-12,16H,6-7,9-10H2,1-2H3,(H2,21,22,23,26). The molecule has 1 saturated heterocycles. The summed E-state index contributed by atoms with van der Waals surface area (Å²) in [6.07, 6.45) is 1.35. The van der Waals surface area contributed by atoms with Gasteiger partial charge in [0.2, 0.25) is 0 Å². The zero-order valence-corrected chi connectivity index (χ0v) is 16.6. The van der Waals surface area contributed by atoms with Gasteiger partial charge in [0.05, 0.1) is 18.3 Å². The second-order valence-electron chi connectivity index (χ2n) is 6.79. The Morgan fingerprint density at radius 1 is 1.39 bits per heavy atom. The third-order valence-corrected chi connectivity index (χ3v) is 5.20. The molecule has 2 aromatic rings. The van der Waals surface area contributed by atoms with Crippen LogP contribution in [0.4, 0.5) is 14.3 Å². The molecule has 1 aromatic heterocycles. The number of nitrogens with zero attached hydrogens (tertiary/aromatic N) is 2. The molecule has 0 spiro atoms. The zero-order valence-electron chi connectivity index (χ0n) is 15.8. The second kappa shape index (κ2) is 9.11. The fourth-order valence-corrected chi connectivity index (χ4v) is 3.66. The van der Waals surface area contributed by atoms with Gasteiger partial charge in [0, 0.05) is 19.0 Å². The van der Waals surface area contributed by atoms with E-state index in [4.69, 9.17) is 4.74 Å². The quantitative estimate of drug-likeness (QED) is 0.772. The number of likely N-dealkylation sites (N-methyl/N-ethyl adjacent to an activating group) is 1. The lowest BCUT2D eigenvalue weighted by Gasteiger charge is -2.20. The van der Waals surface area contributed by atoms with Crippen molar-refractivity contribution >= 4 is 28.4 Å². The number of hydrogen-bond acceptors (Lipinski definition) is 5. The number of halogens is 1. The molecule has 1 aromatic carbocycles. The lowest BCUT2D eigenvalue weighted by Crippen LogP contribution is -2.36. The molecule has 2 N–H and O–H groups in total. The van der Waals surface area contributed by atoms with Crippen molar-refractivity contribution in [3.05, 3.63) is 46.7 Å². The largest absolute Gasteiger partial charge is 0.365 e. The maximum atomic E-state index is 13.1. The summed E-state index contributed by atoms with van der Waals surface area (Å²) in [6, 6.07) is 5.60. The highest BCUT2D eigenvalue weighted by Crippen LogP contribution is 2.22. The van der Waals surface area contributed by atoms with Crippen molar-refractivity contribution in [2.24, 2.45) is 0 Å². The van der Waals surface area contributed by atoms with E-state index in [-0.39, 0.29) is 30.5 Å². The normalized spacial score (nSPS) is 18.7. The van der Waals surface area contributed by atoms with E-state index in [9.17, 15) is 14.0 Å². The van der Waals surface area contributed by atoms with Crippen LogP contribution in [0.5, 0.6) is 0 Å². The highest BCUT2D eigenvalue weighted by atomic mass is 32.1. The van der Waals surface area contributed by atoms with E-state index >= 15 is 0 Å². The van der Waals surface area contributed by atoms with Crippen molar-refractivity contribution in [3.63, 3.8) is 0 Å². The number of carbonyl (C=O) groups excluding carboxylic acids is 2. The summed E-state index contributed by atoms with van der Waals surface area (Å²) in [5.41, 5.74) is 1.35. The minimum absolute atomic E-state index is 0.0558. The van der Waals surface area contributed by atoms with Crippen LogP contribution in [-0.4, -0.2) is 41.1 Å². The monoisotopic (exact) mass is 406 g/mol. The third kappa shape index (κ3) is 5.49. The molecule has 0 bridgehead atoms. The SMILES string of the molecule is CC1CCC(C(=O)N(C)Cc2csc(NC(=O)NCc3cccc(F)c3)n2)O1. The molecule has 9 heteroatoms. The number of benzene rings is 1. The minimum Gasteiger partial charge on any atom is -0.365 e. The van der Waals surface area contributed by atoms with Crippen LogP contribution in [0.25, 0.3) is 0 Å². The van der Waals surface area contributed by atoms with Crippen molar-refractivity contribution in [2.75, 3.05) is 12.4 Å². The number of rotatable bonds is 6. The first-order chi connectivity index (χ1) is 13.4. The Labute approximate surface area is 166 Å². The van der Waals surface area contributed by atoms with E-state index in [0.29, 0.717) is 22.9 Å².